The van der Waals surface area contributed by atoms with Crippen LogP contribution >= 0.6 is 0 Å². The van der Waals surface area contributed by atoms with E-state index in [1.807, 2.05) is 4.90 Å². The van der Waals surface area contributed by atoms with E-state index in [2.05, 4.69) is 27.7 Å². The van der Waals surface area contributed by atoms with Crippen molar-refractivity contribution in [2.75, 3.05) is 38.0 Å². The highest BCUT2D eigenvalue weighted by molar-refractivity contribution is 5.96. The first-order chi connectivity index (χ1) is 17.4. The van der Waals surface area contributed by atoms with Gasteiger partial charge in [0.2, 0.25) is 5.91 Å². The molecule has 0 spiro atoms. The maximum absolute atomic E-state index is 12.4. The molecule has 0 aliphatic carbocycles. The van der Waals surface area contributed by atoms with Gasteiger partial charge in [-0.15, -0.1) is 0 Å². The number of carboxylic acids is 1. The summed E-state index contributed by atoms with van der Waals surface area (Å²) >= 11 is 0. The first-order valence-corrected chi connectivity index (χ1v) is 12.7. The summed E-state index contributed by atoms with van der Waals surface area (Å²) in [6.45, 7) is 5.02. The average molecular weight is 494 g/mol. The lowest BCUT2D eigenvalue weighted by atomic mass is 10.0. The van der Waals surface area contributed by atoms with Crippen LogP contribution in [0, 0.1) is 0 Å². The van der Waals surface area contributed by atoms with Gasteiger partial charge in [0.25, 0.3) is 5.91 Å². The smallest absolute Gasteiger partial charge is 0.326 e. The number of aromatic nitrogens is 1. The van der Waals surface area contributed by atoms with Crippen LogP contribution in [0.3, 0.4) is 0 Å². The highest BCUT2D eigenvalue weighted by atomic mass is 16.4. The Hall–Kier alpha value is -3.46. The Morgan fingerprint density at radius 1 is 1.17 bits per heavy atom. The highest BCUT2D eigenvalue weighted by Crippen LogP contribution is 2.22. The molecule has 2 amide bonds. The second kappa shape index (κ2) is 12.0. The molecule has 1 aromatic heterocycles. The Bertz CT molecular complexity index is 1080. The summed E-state index contributed by atoms with van der Waals surface area (Å²) in [7, 11) is 0. The van der Waals surface area contributed by atoms with Gasteiger partial charge in [0, 0.05) is 56.9 Å². The van der Waals surface area contributed by atoms with Crippen molar-refractivity contribution in [3.8, 4) is 0 Å². The molecule has 192 valence electrons. The molecule has 0 saturated carbocycles. The van der Waals surface area contributed by atoms with Crippen molar-refractivity contribution in [3.63, 3.8) is 0 Å². The van der Waals surface area contributed by atoms with Gasteiger partial charge in [-0.05, 0) is 55.9 Å². The zero-order valence-electron chi connectivity index (χ0n) is 20.8. The highest BCUT2D eigenvalue weighted by Gasteiger charge is 2.30. The molecule has 4 rings (SSSR count). The minimum Gasteiger partial charge on any atom is -0.480 e. The number of anilines is 1. The molecule has 2 aliphatic heterocycles. The summed E-state index contributed by atoms with van der Waals surface area (Å²) in [4.78, 5) is 45.4. The second-order valence-corrected chi connectivity index (χ2v) is 9.57. The van der Waals surface area contributed by atoms with E-state index in [4.69, 9.17) is 4.98 Å². The van der Waals surface area contributed by atoms with Gasteiger partial charge in [-0.2, -0.15) is 0 Å². The molecule has 3 N–H and O–H groups in total. The molecule has 1 saturated heterocycles. The second-order valence-electron chi connectivity index (χ2n) is 9.57. The van der Waals surface area contributed by atoms with Gasteiger partial charge in [0.1, 0.15) is 11.9 Å². The van der Waals surface area contributed by atoms with E-state index in [1.165, 1.54) is 5.56 Å². The Kier molecular flexibility index (Phi) is 8.53. The Labute approximate surface area is 211 Å². The van der Waals surface area contributed by atoms with E-state index in [-0.39, 0.29) is 11.9 Å². The number of pyridine rings is 1. The number of benzene rings is 1. The molecule has 9 heteroatoms. The third-order valence-electron chi connectivity index (χ3n) is 7.03. The number of carbonyl (C=O) groups is 3. The summed E-state index contributed by atoms with van der Waals surface area (Å²) in [5.74, 6) is -0.414. The molecule has 3 heterocycles. The van der Waals surface area contributed by atoms with Crippen LogP contribution in [0.15, 0.2) is 42.5 Å². The van der Waals surface area contributed by atoms with Crippen LogP contribution in [0.5, 0.6) is 0 Å². The number of piperazine rings is 1. The number of aryl methyl sites for hydroxylation is 2. The van der Waals surface area contributed by atoms with Crippen LogP contribution in [0.1, 0.15) is 47.8 Å². The fourth-order valence-corrected chi connectivity index (χ4v) is 5.01. The van der Waals surface area contributed by atoms with Gasteiger partial charge >= 0.3 is 5.97 Å². The molecular formula is C27H35N5O4. The maximum atomic E-state index is 12.4. The molecule has 2 atom stereocenters. The third-order valence-corrected chi connectivity index (χ3v) is 7.03. The zero-order valence-corrected chi connectivity index (χ0v) is 20.8. The Morgan fingerprint density at radius 2 is 1.97 bits per heavy atom. The molecule has 36 heavy (non-hydrogen) atoms. The van der Waals surface area contributed by atoms with Crippen molar-refractivity contribution < 1.29 is 19.5 Å². The van der Waals surface area contributed by atoms with Crippen molar-refractivity contribution in [1.29, 1.82) is 0 Å². The molecule has 2 aliphatic rings. The van der Waals surface area contributed by atoms with Crippen LogP contribution in [0.2, 0.25) is 0 Å². The minimum absolute atomic E-state index is 0.0317. The Balaban J connectivity index is 1.33. The van der Waals surface area contributed by atoms with E-state index in [1.54, 1.807) is 37.3 Å². The first-order valence-electron chi connectivity index (χ1n) is 12.7. The number of fused-ring (bicyclic) bond motifs is 1. The van der Waals surface area contributed by atoms with Crippen LogP contribution in [-0.4, -0.2) is 82.5 Å². The summed E-state index contributed by atoms with van der Waals surface area (Å²) in [6.07, 6.45) is 4.02. The lowest BCUT2D eigenvalue weighted by molar-refractivity contribution is -0.139. The molecular weight excluding hydrogens is 458 g/mol. The number of amides is 2. The van der Waals surface area contributed by atoms with Gasteiger partial charge < -0.3 is 20.6 Å². The molecule has 2 unspecified atom stereocenters. The number of hydrogen-bond acceptors (Lipinski definition) is 6. The van der Waals surface area contributed by atoms with Gasteiger partial charge in [-0.3, -0.25) is 14.5 Å². The lowest BCUT2D eigenvalue weighted by Crippen LogP contribution is -2.55. The summed E-state index contributed by atoms with van der Waals surface area (Å²) in [5, 5.41) is 15.7. The third kappa shape index (κ3) is 6.60. The van der Waals surface area contributed by atoms with Crippen molar-refractivity contribution in [3.05, 3.63) is 59.3 Å². The SMILES string of the molecule is CC(=O)N1CCN(CCC(NC(=O)c2ccccc2)C(=O)O)CC1CCc1ccc2c(n1)NCCC2. The number of nitrogens with zero attached hydrogens (tertiary/aromatic N) is 3. The standard InChI is InChI=1S/C27H35N5O4/c1-19(33)32-17-16-31(15-13-24(27(35)36)30-26(34)21-6-3-2-4-7-21)18-23(32)12-11-22-10-9-20-8-5-14-28-25(20)29-22/h2-4,6-7,9-10,23-24H,5,8,11-18H2,1H3,(H,28,29)(H,30,34)(H,35,36). The number of nitrogens with one attached hydrogen (secondary N) is 2. The summed E-state index contributed by atoms with van der Waals surface area (Å²) < 4.78 is 0. The van der Waals surface area contributed by atoms with Gasteiger partial charge in [-0.1, -0.05) is 24.3 Å². The van der Waals surface area contributed by atoms with Crippen LogP contribution in [0.25, 0.3) is 0 Å². The predicted molar refractivity (Wildman–Crippen MR) is 137 cm³/mol. The average Bonchev–Trinajstić information content (AvgIpc) is 2.89. The van der Waals surface area contributed by atoms with Gasteiger partial charge in [-0.25, -0.2) is 9.78 Å². The zero-order chi connectivity index (χ0) is 25.5. The number of hydrogen-bond donors (Lipinski definition) is 3. The van der Waals surface area contributed by atoms with Crippen molar-refractivity contribution in [2.45, 2.75) is 51.1 Å². The fourth-order valence-electron chi connectivity index (χ4n) is 5.01. The first kappa shape index (κ1) is 25.6. The van der Waals surface area contributed by atoms with Gasteiger partial charge in [0.05, 0.1) is 0 Å². The van der Waals surface area contributed by atoms with E-state index >= 15 is 0 Å². The van der Waals surface area contributed by atoms with E-state index < -0.39 is 17.9 Å². The number of carbonyl (C=O) groups excluding carboxylic acids is 2. The van der Waals surface area contributed by atoms with E-state index in [0.29, 0.717) is 38.2 Å². The normalized spacial score (nSPS) is 18.6. The van der Waals surface area contributed by atoms with Crippen molar-refractivity contribution in [1.82, 2.24) is 20.1 Å². The van der Waals surface area contributed by atoms with Gasteiger partial charge in [0.15, 0.2) is 0 Å². The molecule has 2 aromatic rings. The molecule has 9 nitrogen and oxygen atoms in total. The molecule has 0 bridgehead atoms. The quantitative estimate of drug-likeness (QED) is 0.490. The molecule has 1 aromatic carbocycles. The van der Waals surface area contributed by atoms with E-state index in [0.717, 1.165) is 43.7 Å². The largest absolute Gasteiger partial charge is 0.480 e. The number of rotatable bonds is 9. The Morgan fingerprint density at radius 3 is 2.72 bits per heavy atom. The maximum Gasteiger partial charge on any atom is 0.326 e. The molecule has 0 radical (unpaired) electrons. The minimum atomic E-state index is -1.05. The van der Waals surface area contributed by atoms with Crippen LogP contribution < -0.4 is 10.6 Å². The summed E-state index contributed by atoms with van der Waals surface area (Å²) in [6, 6.07) is 11.9. The van der Waals surface area contributed by atoms with Crippen molar-refractivity contribution >= 4 is 23.6 Å². The monoisotopic (exact) mass is 493 g/mol. The summed E-state index contributed by atoms with van der Waals surface area (Å²) in [5.41, 5.74) is 2.70. The fraction of sp³-hybridized carbons (Fsp3) is 0.481. The predicted octanol–water partition coefficient (Wildman–Crippen LogP) is 2.18. The van der Waals surface area contributed by atoms with Crippen LogP contribution in [-0.2, 0) is 22.4 Å². The van der Waals surface area contributed by atoms with E-state index in [9.17, 15) is 19.5 Å². The number of aliphatic carboxylic acids is 1. The number of carboxylic acid groups (broad SMARTS) is 1. The topological polar surface area (TPSA) is 115 Å². The van der Waals surface area contributed by atoms with Crippen LogP contribution in [0.4, 0.5) is 5.82 Å². The molecule has 1 fully saturated rings. The lowest BCUT2D eigenvalue weighted by Gasteiger charge is -2.41. The van der Waals surface area contributed by atoms with Crippen molar-refractivity contribution in [2.24, 2.45) is 0 Å².